The van der Waals surface area contributed by atoms with Crippen LogP contribution >= 0.6 is 0 Å². The number of hydrogen-bond donors (Lipinski definition) is 0. The molecular weight excluding hydrogens is 300 g/mol. The van der Waals surface area contributed by atoms with Crippen molar-refractivity contribution in [3.8, 4) is 0 Å². The highest BCUT2D eigenvalue weighted by atomic mass is 16.6. The van der Waals surface area contributed by atoms with Gasteiger partial charge in [0.25, 0.3) is 11.4 Å². The monoisotopic (exact) mass is 316 g/mol. The molecule has 0 N–H and O–H groups in total. The number of nitro benzene ring substituents is 2. The number of hydrogen-bond acceptors (Lipinski definition) is 5. The molecule has 0 amide bonds. The summed E-state index contributed by atoms with van der Waals surface area (Å²) in [4.78, 5) is 23.9. The number of benzene rings is 1. The van der Waals surface area contributed by atoms with Gasteiger partial charge in [-0.25, -0.2) is 0 Å². The number of anilines is 1. The topological polar surface area (TPSA) is 94.5 Å². The molecule has 2 aliphatic heterocycles. The number of aryl methyl sites for hydroxylation is 2. The fourth-order valence-corrected chi connectivity index (χ4v) is 3.93. The van der Waals surface area contributed by atoms with E-state index in [-0.39, 0.29) is 11.4 Å². The SMILES string of the molecule is O=[N+]([O-])c1cc([N+](=O)[O-])c2c3c4n(c2c1)CCCN4CCCC3. The second-order valence-electron chi connectivity index (χ2n) is 6.12. The van der Waals surface area contributed by atoms with Gasteiger partial charge in [0.1, 0.15) is 5.82 Å². The molecule has 8 heteroatoms. The van der Waals surface area contributed by atoms with Crippen molar-refractivity contribution in [2.75, 3.05) is 18.0 Å². The summed E-state index contributed by atoms with van der Waals surface area (Å²) in [5, 5.41) is 23.3. The third-order valence-electron chi connectivity index (χ3n) is 4.82. The van der Waals surface area contributed by atoms with Crippen LogP contribution in [-0.2, 0) is 13.0 Å². The molecule has 0 saturated carbocycles. The molecule has 120 valence electrons. The van der Waals surface area contributed by atoms with E-state index in [1.165, 1.54) is 6.07 Å². The van der Waals surface area contributed by atoms with Crippen LogP contribution in [0.3, 0.4) is 0 Å². The zero-order valence-corrected chi connectivity index (χ0v) is 12.5. The molecule has 0 aliphatic carbocycles. The fourth-order valence-electron chi connectivity index (χ4n) is 3.93. The Hall–Kier alpha value is -2.64. The average Bonchev–Trinajstić information content (AvgIpc) is 2.70. The minimum Gasteiger partial charge on any atom is -0.358 e. The summed E-state index contributed by atoms with van der Waals surface area (Å²) in [5.41, 5.74) is 1.25. The van der Waals surface area contributed by atoms with Crippen molar-refractivity contribution in [1.82, 2.24) is 4.57 Å². The van der Waals surface area contributed by atoms with Gasteiger partial charge in [0, 0.05) is 31.3 Å². The summed E-state index contributed by atoms with van der Waals surface area (Å²) in [7, 11) is 0. The highest BCUT2D eigenvalue weighted by molar-refractivity contribution is 5.99. The molecule has 0 bridgehead atoms. The molecule has 0 atom stereocenters. The minimum atomic E-state index is -0.557. The normalized spacial score (nSPS) is 17.0. The van der Waals surface area contributed by atoms with Gasteiger partial charge in [0.15, 0.2) is 0 Å². The highest BCUT2D eigenvalue weighted by Crippen LogP contribution is 2.43. The summed E-state index contributed by atoms with van der Waals surface area (Å²) >= 11 is 0. The van der Waals surface area contributed by atoms with Gasteiger partial charge in [-0.1, -0.05) is 0 Å². The lowest BCUT2D eigenvalue weighted by molar-refractivity contribution is -0.393. The molecule has 1 aromatic carbocycles. The van der Waals surface area contributed by atoms with Crippen LogP contribution in [0.25, 0.3) is 10.9 Å². The maximum absolute atomic E-state index is 11.5. The Bertz CT molecular complexity index is 842. The van der Waals surface area contributed by atoms with E-state index in [2.05, 4.69) is 4.90 Å². The van der Waals surface area contributed by atoms with Crippen molar-refractivity contribution in [2.24, 2.45) is 0 Å². The van der Waals surface area contributed by atoms with Gasteiger partial charge < -0.3 is 9.47 Å². The maximum atomic E-state index is 11.5. The van der Waals surface area contributed by atoms with Gasteiger partial charge >= 0.3 is 0 Å². The van der Waals surface area contributed by atoms with Crippen LogP contribution in [0.5, 0.6) is 0 Å². The third kappa shape index (κ3) is 1.97. The molecular formula is C15H16N4O4. The Balaban J connectivity index is 2.12. The van der Waals surface area contributed by atoms with E-state index in [1.54, 1.807) is 0 Å². The van der Waals surface area contributed by atoms with Crippen molar-refractivity contribution < 1.29 is 9.85 Å². The van der Waals surface area contributed by atoms with E-state index < -0.39 is 9.85 Å². The van der Waals surface area contributed by atoms with Gasteiger partial charge in [-0.05, 0) is 25.7 Å². The number of nitrogens with zero attached hydrogens (tertiary/aromatic N) is 4. The van der Waals surface area contributed by atoms with Crippen molar-refractivity contribution >= 4 is 28.1 Å². The van der Waals surface area contributed by atoms with Crippen molar-refractivity contribution in [2.45, 2.75) is 32.2 Å². The lowest BCUT2D eigenvalue weighted by Crippen LogP contribution is -2.32. The van der Waals surface area contributed by atoms with Crippen LogP contribution < -0.4 is 4.90 Å². The Labute approximate surface area is 131 Å². The molecule has 4 rings (SSSR count). The van der Waals surface area contributed by atoms with E-state index in [1.807, 2.05) is 4.57 Å². The molecule has 0 fully saturated rings. The second-order valence-corrected chi connectivity index (χ2v) is 6.12. The second kappa shape index (κ2) is 4.94. The first-order chi connectivity index (χ1) is 11.1. The Morgan fingerprint density at radius 2 is 1.74 bits per heavy atom. The molecule has 0 saturated heterocycles. The van der Waals surface area contributed by atoms with Crippen LogP contribution in [0.1, 0.15) is 24.8 Å². The zero-order valence-electron chi connectivity index (χ0n) is 12.5. The van der Waals surface area contributed by atoms with E-state index in [9.17, 15) is 20.2 Å². The Morgan fingerprint density at radius 3 is 2.48 bits per heavy atom. The summed E-state index contributed by atoms with van der Waals surface area (Å²) in [6.07, 6.45) is 3.79. The summed E-state index contributed by atoms with van der Waals surface area (Å²) in [6, 6.07) is 2.58. The van der Waals surface area contributed by atoms with Crippen LogP contribution in [0.2, 0.25) is 0 Å². The van der Waals surface area contributed by atoms with Gasteiger partial charge in [0.2, 0.25) is 0 Å². The average molecular weight is 316 g/mol. The third-order valence-corrected chi connectivity index (χ3v) is 4.82. The quantitative estimate of drug-likeness (QED) is 0.627. The predicted octanol–water partition coefficient (Wildman–Crippen LogP) is 3.00. The predicted molar refractivity (Wildman–Crippen MR) is 85.0 cm³/mol. The standard InChI is InChI=1S/C15H16N4O4/c20-18(21)10-8-12-14(13(9-10)19(22)23)11-4-1-2-5-16-6-3-7-17(12)15(11)16/h8-9H,1-7H2. The molecule has 0 unspecified atom stereocenters. The van der Waals surface area contributed by atoms with Gasteiger partial charge in [-0.15, -0.1) is 0 Å². The first-order valence-corrected chi connectivity index (χ1v) is 7.81. The molecule has 3 heterocycles. The lowest BCUT2D eigenvalue weighted by atomic mass is 10.1. The molecule has 1 aromatic heterocycles. The number of nitro groups is 2. The van der Waals surface area contributed by atoms with E-state index in [0.717, 1.165) is 62.8 Å². The molecule has 2 aromatic rings. The number of aromatic nitrogens is 1. The molecule has 2 aliphatic rings. The van der Waals surface area contributed by atoms with Crippen molar-refractivity contribution in [3.63, 3.8) is 0 Å². The number of fused-ring (bicyclic) bond motifs is 3. The molecule has 23 heavy (non-hydrogen) atoms. The number of non-ortho nitro benzene ring substituents is 2. The van der Waals surface area contributed by atoms with Gasteiger partial charge in [0.05, 0.1) is 26.8 Å². The summed E-state index contributed by atoms with van der Waals surface area (Å²) in [5.74, 6) is 1.03. The van der Waals surface area contributed by atoms with Gasteiger partial charge in [-0.2, -0.15) is 0 Å². The maximum Gasteiger partial charge on any atom is 0.285 e. The first kappa shape index (κ1) is 14.0. The zero-order chi connectivity index (χ0) is 16.1. The lowest BCUT2D eigenvalue weighted by Gasteiger charge is -2.30. The van der Waals surface area contributed by atoms with Crippen LogP contribution in [0.4, 0.5) is 17.2 Å². The summed E-state index contributed by atoms with van der Waals surface area (Å²) in [6.45, 7) is 2.64. The van der Waals surface area contributed by atoms with Gasteiger partial charge in [-0.3, -0.25) is 20.2 Å². The number of rotatable bonds is 2. The Morgan fingerprint density at radius 1 is 0.957 bits per heavy atom. The minimum absolute atomic E-state index is 0.145. The van der Waals surface area contributed by atoms with E-state index in [0.29, 0.717) is 10.9 Å². The van der Waals surface area contributed by atoms with E-state index in [4.69, 9.17) is 0 Å². The summed E-state index contributed by atoms with van der Waals surface area (Å²) < 4.78 is 2.04. The van der Waals surface area contributed by atoms with Crippen molar-refractivity contribution in [1.29, 1.82) is 0 Å². The highest BCUT2D eigenvalue weighted by Gasteiger charge is 2.32. The van der Waals surface area contributed by atoms with Crippen molar-refractivity contribution in [3.05, 3.63) is 37.9 Å². The van der Waals surface area contributed by atoms with Crippen LogP contribution in [-0.4, -0.2) is 27.5 Å². The molecule has 0 spiro atoms. The largest absolute Gasteiger partial charge is 0.358 e. The van der Waals surface area contributed by atoms with E-state index >= 15 is 0 Å². The smallest absolute Gasteiger partial charge is 0.285 e. The Kier molecular flexibility index (Phi) is 3.00. The molecule has 8 nitrogen and oxygen atoms in total. The van der Waals surface area contributed by atoms with Crippen LogP contribution in [0.15, 0.2) is 12.1 Å². The molecule has 0 radical (unpaired) electrons. The first-order valence-electron chi connectivity index (χ1n) is 7.81. The van der Waals surface area contributed by atoms with Crippen LogP contribution in [0, 0.1) is 20.2 Å². The fraction of sp³-hybridized carbons (Fsp3) is 0.467.